The molecule has 0 unspecified atom stereocenters. The summed E-state index contributed by atoms with van der Waals surface area (Å²) in [6, 6.07) is 12.1. The predicted octanol–water partition coefficient (Wildman–Crippen LogP) is 3.98. The number of hydrogen-bond donors (Lipinski definition) is 1. The molecule has 0 saturated carbocycles. The van der Waals surface area contributed by atoms with E-state index in [2.05, 4.69) is 45.7 Å². The normalized spacial score (nSPS) is 15.8. The zero-order chi connectivity index (χ0) is 19.7. The molecule has 3 aromatic rings. The zero-order valence-corrected chi connectivity index (χ0v) is 16.9. The van der Waals surface area contributed by atoms with Crippen molar-refractivity contribution >= 4 is 34.2 Å². The Balaban J connectivity index is 1.35. The standard InChI is InChI=1S/C21H24ClN5O/c1-14-6-7-20-19(12-14)24-25-27(20)16-8-10-26(11-9-16)13-21(28)23-18-5-3-4-17(22)15(18)2/h3-7,12,16H,8-11,13H2,1-2H3,(H,23,28). The molecular weight excluding hydrogens is 374 g/mol. The maximum atomic E-state index is 12.4. The van der Waals surface area contributed by atoms with Crippen LogP contribution in [0.5, 0.6) is 0 Å². The Morgan fingerprint density at radius 1 is 1.21 bits per heavy atom. The minimum atomic E-state index is -0.00880. The molecule has 4 rings (SSSR count). The summed E-state index contributed by atoms with van der Waals surface area (Å²) in [5, 5.41) is 12.3. The first-order valence-electron chi connectivity index (χ1n) is 9.60. The quantitative estimate of drug-likeness (QED) is 0.723. The van der Waals surface area contributed by atoms with E-state index in [0.717, 1.165) is 48.2 Å². The van der Waals surface area contributed by atoms with Crippen molar-refractivity contribution < 1.29 is 4.79 Å². The van der Waals surface area contributed by atoms with E-state index in [0.29, 0.717) is 17.6 Å². The van der Waals surface area contributed by atoms with Crippen molar-refractivity contribution in [3.63, 3.8) is 0 Å². The number of carbonyl (C=O) groups is 1. The summed E-state index contributed by atoms with van der Waals surface area (Å²) in [6.45, 7) is 6.08. The topological polar surface area (TPSA) is 63.1 Å². The number of fused-ring (bicyclic) bond motifs is 1. The fourth-order valence-electron chi connectivity index (χ4n) is 3.78. The predicted molar refractivity (Wildman–Crippen MR) is 112 cm³/mol. The first-order chi connectivity index (χ1) is 13.5. The van der Waals surface area contributed by atoms with Crippen molar-refractivity contribution in [2.75, 3.05) is 25.0 Å². The molecule has 2 heterocycles. The van der Waals surface area contributed by atoms with Crippen molar-refractivity contribution in [2.24, 2.45) is 0 Å². The number of aryl methyl sites for hydroxylation is 1. The second-order valence-corrected chi connectivity index (χ2v) is 7.90. The summed E-state index contributed by atoms with van der Waals surface area (Å²) < 4.78 is 2.04. The van der Waals surface area contributed by atoms with Gasteiger partial charge < -0.3 is 5.32 Å². The molecule has 1 saturated heterocycles. The fourth-order valence-corrected chi connectivity index (χ4v) is 3.95. The first-order valence-corrected chi connectivity index (χ1v) is 9.98. The van der Waals surface area contributed by atoms with Gasteiger partial charge in [-0.2, -0.15) is 0 Å². The van der Waals surface area contributed by atoms with Gasteiger partial charge in [0, 0.05) is 23.8 Å². The van der Waals surface area contributed by atoms with Gasteiger partial charge >= 0.3 is 0 Å². The van der Waals surface area contributed by atoms with Crippen LogP contribution in [0, 0.1) is 13.8 Å². The third-order valence-electron chi connectivity index (χ3n) is 5.44. The number of benzene rings is 2. The minimum Gasteiger partial charge on any atom is -0.325 e. The molecule has 28 heavy (non-hydrogen) atoms. The molecule has 7 heteroatoms. The Morgan fingerprint density at radius 3 is 2.79 bits per heavy atom. The van der Waals surface area contributed by atoms with Gasteiger partial charge in [-0.3, -0.25) is 9.69 Å². The lowest BCUT2D eigenvalue weighted by atomic mass is 10.0. The van der Waals surface area contributed by atoms with Gasteiger partial charge in [0.05, 0.1) is 18.1 Å². The van der Waals surface area contributed by atoms with Gasteiger partial charge in [-0.25, -0.2) is 4.68 Å². The van der Waals surface area contributed by atoms with Crippen LogP contribution in [0.4, 0.5) is 5.69 Å². The molecule has 1 aliphatic heterocycles. The van der Waals surface area contributed by atoms with Crippen molar-refractivity contribution in [1.82, 2.24) is 19.9 Å². The highest BCUT2D eigenvalue weighted by Crippen LogP contribution is 2.26. The number of halogens is 1. The van der Waals surface area contributed by atoms with Crippen LogP contribution < -0.4 is 5.32 Å². The number of anilines is 1. The largest absolute Gasteiger partial charge is 0.325 e. The van der Waals surface area contributed by atoms with E-state index >= 15 is 0 Å². The number of piperidine rings is 1. The van der Waals surface area contributed by atoms with E-state index in [1.54, 1.807) is 0 Å². The molecule has 0 radical (unpaired) electrons. The molecule has 0 aliphatic carbocycles. The second-order valence-electron chi connectivity index (χ2n) is 7.49. The summed E-state index contributed by atoms with van der Waals surface area (Å²) >= 11 is 6.13. The number of nitrogens with one attached hydrogen (secondary N) is 1. The van der Waals surface area contributed by atoms with Crippen LogP contribution in [0.3, 0.4) is 0 Å². The number of likely N-dealkylation sites (tertiary alicyclic amines) is 1. The van der Waals surface area contributed by atoms with E-state index in [1.807, 2.05) is 29.8 Å². The maximum absolute atomic E-state index is 12.4. The van der Waals surface area contributed by atoms with E-state index in [9.17, 15) is 4.79 Å². The highest BCUT2D eigenvalue weighted by Gasteiger charge is 2.24. The third-order valence-corrected chi connectivity index (χ3v) is 5.85. The maximum Gasteiger partial charge on any atom is 0.238 e. The molecule has 2 aromatic carbocycles. The molecular formula is C21H24ClN5O. The lowest BCUT2D eigenvalue weighted by molar-refractivity contribution is -0.117. The van der Waals surface area contributed by atoms with E-state index in [-0.39, 0.29) is 5.91 Å². The minimum absolute atomic E-state index is 0.00880. The van der Waals surface area contributed by atoms with Crippen LogP contribution in [-0.2, 0) is 4.79 Å². The van der Waals surface area contributed by atoms with E-state index < -0.39 is 0 Å². The molecule has 1 aliphatic rings. The van der Waals surface area contributed by atoms with Gasteiger partial charge in [0.25, 0.3) is 0 Å². The summed E-state index contributed by atoms with van der Waals surface area (Å²) in [5.41, 5.74) is 4.88. The van der Waals surface area contributed by atoms with E-state index in [4.69, 9.17) is 11.6 Å². The van der Waals surface area contributed by atoms with Crippen LogP contribution in [0.15, 0.2) is 36.4 Å². The Kier molecular flexibility index (Phi) is 5.33. The molecule has 1 amide bonds. The summed E-state index contributed by atoms with van der Waals surface area (Å²) in [4.78, 5) is 14.6. The van der Waals surface area contributed by atoms with Crippen molar-refractivity contribution in [3.05, 3.63) is 52.5 Å². The average molecular weight is 398 g/mol. The second kappa shape index (κ2) is 7.89. The van der Waals surface area contributed by atoms with E-state index in [1.165, 1.54) is 5.56 Å². The van der Waals surface area contributed by atoms with Gasteiger partial charge in [0.2, 0.25) is 5.91 Å². The SMILES string of the molecule is Cc1ccc2c(c1)nnn2C1CCN(CC(=O)Nc2cccc(Cl)c2C)CC1. The van der Waals surface area contributed by atoms with Crippen molar-refractivity contribution in [1.29, 1.82) is 0 Å². The molecule has 0 spiro atoms. The highest BCUT2D eigenvalue weighted by molar-refractivity contribution is 6.31. The average Bonchev–Trinajstić information content (AvgIpc) is 3.09. The lowest BCUT2D eigenvalue weighted by Crippen LogP contribution is -2.40. The van der Waals surface area contributed by atoms with Gasteiger partial charge in [-0.1, -0.05) is 28.9 Å². The molecule has 0 atom stereocenters. The number of carbonyl (C=O) groups excluding carboxylic acids is 1. The Bertz CT molecular complexity index is 1010. The van der Waals surface area contributed by atoms with Gasteiger partial charge in [0.1, 0.15) is 5.52 Å². The number of amides is 1. The van der Waals surface area contributed by atoms with Crippen LogP contribution in [0.2, 0.25) is 5.02 Å². The zero-order valence-electron chi connectivity index (χ0n) is 16.2. The first kappa shape index (κ1) is 18.9. The van der Waals surface area contributed by atoms with Crippen molar-refractivity contribution in [2.45, 2.75) is 32.7 Å². The van der Waals surface area contributed by atoms with Crippen LogP contribution in [0.1, 0.15) is 30.0 Å². The summed E-state index contributed by atoms with van der Waals surface area (Å²) in [7, 11) is 0. The van der Waals surface area contributed by atoms with Crippen LogP contribution in [-0.4, -0.2) is 45.4 Å². The molecule has 1 fully saturated rings. The Morgan fingerprint density at radius 2 is 2.00 bits per heavy atom. The monoisotopic (exact) mass is 397 g/mol. The number of rotatable bonds is 4. The van der Waals surface area contributed by atoms with Crippen LogP contribution in [0.25, 0.3) is 11.0 Å². The molecule has 1 N–H and O–H groups in total. The summed E-state index contributed by atoms with van der Waals surface area (Å²) in [6.07, 6.45) is 1.91. The molecule has 6 nitrogen and oxygen atoms in total. The van der Waals surface area contributed by atoms with Gasteiger partial charge in [-0.05, 0) is 62.1 Å². The lowest BCUT2D eigenvalue weighted by Gasteiger charge is -2.31. The molecule has 146 valence electrons. The Labute approximate surface area is 169 Å². The number of hydrogen-bond acceptors (Lipinski definition) is 4. The fraction of sp³-hybridized carbons (Fsp3) is 0.381. The molecule has 0 bridgehead atoms. The molecule has 1 aromatic heterocycles. The van der Waals surface area contributed by atoms with Gasteiger partial charge in [0.15, 0.2) is 0 Å². The number of aromatic nitrogens is 3. The summed E-state index contributed by atoms with van der Waals surface area (Å²) in [5.74, 6) is -0.00880. The Hall–Kier alpha value is -2.44. The van der Waals surface area contributed by atoms with Crippen molar-refractivity contribution in [3.8, 4) is 0 Å². The number of nitrogens with zero attached hydrogens (tertiary/aromatic N) is 4. The van der Waals surface area contributed by atoms with Crippen LogP contribution >= 0.6 is 11.6 Å². The smallest absolute Gasteiger partial charge is 0.238 e. The third kappa shape index (κ3) is 3.88. The highest BCUT2D eigenvalue weighted by atomic mass is 35.5. The van der Waals surface area contributed by atoms with Gasteiger partial charge in [-0.15, -0.1) is 5.10 Å².